The van der Waals surface area contributed by atoms with Crippen molar-refractivity contribution >= 4 is 34.2 Å². The maximum Gasteiger partial charge on any atom is 0.128 e. The molecule has 2 atom stereocenters. The van der Waals surface area contributed by atoms with Crippen LogP contribution in [0.25, 0.3) is 11.0 Å². The van der Waals surface area contributed by atoms with Crippen molar-refractivity contribution in [2.24, 2.45) is 5.92 Å². The first-order valence-corrected chi connectivity index (χ1v) is 8.71. The summed E-state index contributed by atoms with van der Waals surface area (Å²) in [5.41, 5.74) is 1.99. The third-order valence-corrected chi connectivity index (χ3v) is 5.29. The third-order valence-electron chi connectivity index (χ3n) is 4.79. The smallest absolute Gasteiger partial charge is 0.128 e. The molecule has 4 heteroatoms. The van der Waals surface area contributed by atoms with Crippen LogP contribution in [0.15, 0.2) is 18.2 Å². The van der Waals surface area contributed by atoms with E-state index in [9.17, 15) is 0 Å². The molecule has 0 amide bonds. The number of hydrogen-bond donors (Lipinski definition) is 0. The van der Waals surface area contributed by atoms with Crippen LogP contribution in [0, 0.1) is 5.92 Å². The Kier molecular flexibility index (Phi) is 4.46. The second-order valence-electron chi connectivity index (χ2n) is 6.20. The molecule has 0 saturated heterocycles. The number of aromatic nitrogens is 2. The Labute approximate surface area is 136 Å². The molecule has 114 valence electrons. The second-order valence-corrected chi connectivity index (χ2v) is 7.26. The molecule has 1 saturated carbocycles. The van der Waals surface area contributed by atoms with Gasteiger partial charge in [-0.25, -0.2) is 4.98 Å². The van der Waals surface area contributed by atoms with Gasteiger partial charge < -0.3 is 4.57 Å². The van der Waals surface area contributed by atoms with Gasteiger partial charge in [-0.1, -0.05) is 36.9 Å². The molecule has 3 rings (SSSR count). The molecule has 0 N–H and O–H groups in total. The summed E-state index contributed by atoms with van der Waals surface area (Å²) in [6, 6.07) is 6.43. The van der Waals surface area contributed by atoms with E-state index in [1.165, 1.54) is 32.1 Å². The number of benzene rings is 1. The molecule has 1 aromatic carbocycles. The van der Waals surface area contributed by atoms with Crippen LogP contribution < -0.4 is 0 Å². The fourth-order valence-corrected chi connectivity index (χ4v) is 4.00. The van der Waals surface area contributed by atoms with Crippen LogP contribution in [0.2, 0.25) is 5.02 Å². The van der Waals surface area contributed by atoms with Crippen LogP contribution in [0.4, 0.5) is 0 Å². The van der Waals surface area contributed by atoms with E-state index in [1.807, 2.05) is 19.1 Å². The molecule has 0 bridgehead atoms. The number of hydrogen-bond acceptors (Lipinski definition) is 1. The quantitative estimate of drug-likeness (QED) is 0.621. The molecule has 2 aromatic rings. The first-order chi connectivity index (χ1) is 10.1. The highest BCUT2D eigenvalue weighted by Gasteiger charge is 2.26. The Morgan fingerprint density at radius 2 is 1.90 bits per heavy atom. The fraction of sp³-hybridized carbons (Fsp3) is 0.588. The molecule has 0 spiro atoms. The van der Waals surface area contributed by atoms with Crippen LogP contribution in [0.1, 0.15) is 63.2 Å². The normalized spacial score (nSPS) is 19.8. The number of rotatable bonds is 3. The average molecular weight is 325 g/mol. The van der Waals surface area contributed by atoms with Crippen LogP contribution in [0.5, 0.6) is 0 Å². The molecular weight excluding hydrogens is 303 g/mol. The first-order valence-electron chi connectivity index (χ1n) is 7.90. The molecule has 1 aliphatic carbocycles. The summed E-state index contributed by atoms with van der Waals surface area (Å²) in [5.74, 6) is 1.65. The lowest BCUT2D eigenvalue weighted by atomic mass is 9.84. The van der Waals surface area contributed by atoms with Gasteiger partial charge in [0.25, 0.3) is 0 Å². The number of alkyl halides is 1. The molecule has 0 radical (unpaired) electrons. The van der Waals surface area contributed by atoms with Crippen LogP contribution in [-0.4, -0.2) is 9.55 Å². The number of imidazole rings is 1. The molecule has 21 heavy (non-hydrogen) atoms. The molecule has 1 aliphatic rings. The highest BCUT2D eigenvalue weighted by molar-refractivity contribution is 6.35. The molecule has 2 unspecified atom stereocenters. The first kappa shape index (κ1) is 15.2. The van der Waals surface area contributed by atoms with Gasteiger partial charge in [-0.05, 0) is 44.7 Å². The van der Waals surface area contributed by atoms with Crippen molar-refractivity contribution in [2.45, 2.75) is 57.4 Å². The predicted octanol–water partition coefficient (Wildman–Crippen LogP) is 6.13. The molecule has 1 fully saturated rings. The van der Waals surface area contributed by atoms with Gasteiger partial charge >= 0.3 is 0 Å². The summed E-state index contributed by atoms with van der Waals surface area (Å²) in [4.78, 5) is 4.73. The number of nitrogens with zero attached hydrogens (tertiary/aromatic N) is 2. The lowest BCUT2D eigenvalue weighted by Gasteiger charge is -2.30. The minimum atomic E-state index is -0.112. The van der Waals surface area contributed by atoms with Crippen molar-refractivity contribution in [3.8, 4) is 0 Å². The summed E-state index contributed by atoms with van der Waals surface area (Å²) in [6.07, 6.45) is 6.66. The van der Waals surface area contributed by atoms with Gasteiger partial charge in [0.2, 0.25) is 0 Å². The van der Waals surface area contributed by atoms with Gasteiger partial charge in [0.1, 0.15) is 11.3 Å². The van der Waals surface area contributed by atoms with E-state index in [4.69, 9.17) is 28.2 Å². The largest absolute Gasteiger partial charge is 0.324 e. The van der Waals surface area contributed by atoms with E-state index in [0.717, 1.165) is 16.9 Å². The highest BCUT2D eigenvalue weighted by Crippen LogP contribution is 2.38. The van der Waals surface area contributed by atoms with E-state index in [2.05, 4.69) is 17.6 Å². The minimum absolute atomic E-state index is 0.112. The predicted molar refractivity (Wildman–Crippen MR) is 90.3 cm³/mol. The van der Waals surface area contributed by atoms with Gasteiger partial charge in [0, 0.05) is 6.04 Å². The zero-order valence-corrected chi connectivity index (χ0v) is 14.2. The van der Waals surface area contributed by atoms with Crippen molar-refractivity contribution < 1.29 is 0 Å². The van der Waals surface area contributed by atoms with Gasteiger partial charge in [0.15, 0.2) is 0 Å². The number of fused-ring (bicyclic) bond motifs is 1. The standard InChI is InChI=1S/C17H22Cl2N2/c1-11(18)17-20-16-14(19)9-6-10-15(16)21(17)12(2)13-7-4-3-5-8-13/h6,9-13H,3-5,7-8H2,1-2H3. The van der Waals surface area contributed by atoms with Crippen molar-refractivity contribution in [1.29, 1.82) is 0 Å². The summed E-state index contributed by atoms with van der Waals surface area (Å²) in [7, 11) is 0. The van der Waals surface area contributed by atoms with Gasteiger partial charge in [-0.3, -0.25) is 0 Å². The van der Waals surface area contributed by atoms with Gasteiger partial charge in [0.05, 0.1) is 15.9 Å². The fourth-order valence-electron chi connectivity index (χ4n) is 3.64. The zero-order chi connectivity index (χ0) is 15.0. The lowest BCUT2D eigenvalue weighted by molar-refractivity contribution is 0.264. The number of para-hydroxylation sites is 1. The van der Waals surface area contributed by atoms with Crippen molar-refractivity contribution in [3.63, 3.8) is 0 Å². The minimum Gasteiger partial charge on any atom is -0.324 e. The Morgan fingerprint density at radius 3 is 2.57 bits per heavy atom. The molecule has 2 nitrogen and oxygen atoms in total. The van der Waals surface area contributed by atoms with Crippen molar-refractivity contribution in [1.82, 2.24) is 9.55 Å². The molecular formula is C17H22Cl2N2. The summed E-state index contributed by atoms with van der Waals surface area (Å²) in [5, 5.41) is 0.597. The monoisotopic (exact) mass is 324 g/mol. The van der Waals surface area contributed by atoms with E-state index in [1.54, 1.807) is 0 Å². The van der Waals surface area contributed by atoms with E-state index >= 15 is 0 Å². The summed E-state index contributed by atoms with van der Waals surface area (Å²) in [6.45, 7) is 4.29. The SMILES string of the molecule is CC(Cl)c1nc2c(Cl)cccc2n1C(C)C1CCCCC1. The maximum absolute atomic E-state index is 6.39. The van der Waals surface area contributed by atoms with E-state index in [-0.39, 0.29) is 5.38 Å². The highest BCUT2D eigenvalue weighted by atomic mass is 35.5. The van der Waals surface area contributed by atoms with Crippen LogP contribution in [-0.2, 0) is 0 Å². The van der Waals surface area contributed by atoms with Crippen molar-refractivity contribution in [2.75, 3.05) is 0 Å². The third kappa shape index (κ3) is 2.80. The van der Waals surface area contributed by atoms with Gasteiger partial charge in [-0.2, -0.15) is 0 Å². The average Bonchev–Trinajstić information content (AvgIpc) is 2.88. The Bertz CT molecular complexity index is 627. The molecule has 1 heterocycles. The molecule has 1 aromatic heterocycles. The number of halogens is 2. The van der Waals surface area contributed by atoms with E-state index in [0.29, 0.717) is 17.0 Å². The Morgan fingerprint density at radius 1 is 1.19 bits per heavy atom. The Balaban J connectivity index is 2.10. The van der Waals surface area contributed by atoms with Crippen molar-refractivity contribution in [3.05, 3.63) is 29.0 Å². The summed E-state index contributed by atoms with van der Waals surface area (Å²) < 4.78 is 2.33. The maximum atomic E-state index is 6.39. The van der Waals surface area contributed by atoms with Gasteiger partial charge in [-0.15, -0.1) is 11.6 Å². The second kappa shape index (κ2) is 6.18. The Hall–Kier alpha value is -0.730. The lowest BCUT2D eigenvalue weighted by Crippen LogP contribution is -2.21. The molecule has 0 aliphatic heterocycles. The van der Waals surface area contributed by atoms with E-state index < -0.39 is 0 Å². The topological polar surface area (TPSA) is 17.8 Å². The summed E-state index contributed by atoms with van der Waals surface area (Å²) >= 11 is 12.7. The van der Waals surface area contributed by atoms with Crippen LogP contribution in [0.3, 0.4) is 0 Å². The van der Waals surface area contributed by atoms with Crippen LogP contribution >= 0.6 is 23.2 Å². The zero-order valence-electron chi connectivity index (χ0n) is 12.6.